The van der Waals surface area contributed by atoms with Gasteiger partial charge in [0.2, 0.25) is 0 Å². The third-order valence-corrected chi connectivity index (χ3v) is 3.50. The average Bonchev–Trinajstić information content (AvgIpc) is 2.66. The highest BCUT2D eigenvalue weighted by Crippen LogP contribution is 2.18. The summed E-state index contributed by atoms with van der Waals surface area (Å²) in [6.45, 7) is 2.68. The number of hydrogen-bond donors (Lipinski definition) is 3. The lowest BCUT2D eigenvalue weighted by molar-refractivity contribution is -0.116. The van der Waals surface area contributed by atoms with Crippen LogP contribution in [0.25, 0.3) is 0 Å². The molecule has 1 aromatic carbocycles. The Hall–Kier alpha value is -1.94. The maximum absolute atomic E-state index is 12.3. The van der Waals surface area contributed by atoms with Gasteiger partial charge in [0.25, 0.3) is 0 Å². The fourth-order valence-electron chi connectivity index (χ4n) is 2.29. The Kier molecular flexibility index (Phi) is 5.07. The van der Waals surface area contributed by atoms with Crippen molar-refractivity contribution in [3.8, 4) is 0 Å². The highest BCUT2D eigenvalue weighted by molar-refractivity contribution is 5.95. The summed E-state index contributed by atoms with van der Waals surface area (Å²) in [5.74, 6) is 0.0687. The molecule has 20 heavy (non-hydrogen) atoms. The number of nitrogens with one attached hydrogen (secondary N) is 3. The summed E-state index contributed by atoms with van der Waals surface area (Å²) in [5.41, 5.74) is 3.17. The first kappa shape index (κ1) is 14.5. The van der Waals surface area contributed by atoms with Crippen LogP contribution < -0.4 is 10.6 Å². The molecule has 0 aliphatic carbocycles. The van der Waals surface area contributed by atoms with Gasteiger partial charge in [-0.25, -0.2) is 0 Å². The first-order chi connectivity index (χ1) is 9.74. The van der Waals surface area contributed by atoms with Crippen LogP contribution in [0.15, 0.2) is 36.0 Å². The number of carbonyl (C=O) groups excluding carboxylic acids is 1. The van der Waals surface area contributed by atoms with Gasteiger partial charge < -0.3 is 10.7 Å². The lowest BCUT2D eigenvalue weighted by Gasteiger charge is -2.14. The molecule has 1 unspecified atom stereocenters. The van der Waals surface area contributed by atoms with E-state index in [4.69, 9.17) is 5.41 Å². The van der Waals surface area contributed by atoms with Crippen LogP contribution in [0.5, 0.6) is 0 Å². The van der Waals surface area contributed by atoms with Gasteiger partial charge in [-0.1, -0.05) is 31.2 Å². The summed E-state index contributed by atoms with van der Waals surface area (Å²) < 4.78 is 0. The van der Waals surface area contributed by atoms with Crippen molar-refractivity contribution in [3.05, 3.63) is 47.2 Å². The summed E-state index contributed by atoms with van der Waals surface area (Å²) in [7, 11) is 0. The van der Waals surface area contributed by atoms with Crippen molar-refractivity contribution in [2.75, 3.05) is 6.67 Å². The molecule has 4 heteroatoms. The van der Waals surface area contributed by atoms with E-state index >= 15 is 0 Å². The molecule has 1 aromatic rings. The fourth-order valence-corrected chi connectivity index (χ4v) is 2.29. The molecular formula is C16H21N3O. The SMILES string of the molecule is CCc1ccc(C2NCNC(CCC=N)=CC2=O)cc1. The van der Waals surface area contributed by atoms with E-state index in [9.17, 15) is 4.79 Å². The van der Waals surface area contributed by atoms with E-state index in [1.54, 1.807) is 6.08 Å². The van der Waals surface area contributed by atoms with E-state index in [-0.39, 0.29) is 11.8 Å². The van der Waals surface area contributed by atoms with Gasteiger partial charge in [0.05, 0.1) is 12.7 Å². The molecule has 0 amide bonds. The molecule has 0 spiro atoms. The average molecular weight is 271 g/mol. The van der Waals surface area contributed by atoms with E-state index in [1.807, 2.05) is 12.1 Å². The highest BCUT2D eigenvalue weighted by Gasteiger charge is 2.21. The van der Waals surface area contributed by atoms with Gasteiger partial charge in [-0.15, -0.1) is 0 Å². The number of hydrogen-bond acceptors (Lipinski definition) is 4. The van der Waals surface area contributed by atoms with Crippen molar-refractivity contribution in [3.63, 3.8) is 0 Å². The Morgan fingerprint density at radius 1 is 1.35 bits per heavy atom. The van der Waals surface area contributed by atoms with Gasteiger partial charge >= 0.3 is 0 Å². The van der Waals surface area contributed by atoms with Crippen LogP contribution in [0.4, 0.5) is 0 Å². The van der Waals surface area contributed by atoms with E-state index in [0.717, 1.165) is 17.7 Å². The monoisotopic (exact) mass is 271 g/mol. The normalized spacial score (nSPS) is 18.9. The minimum atomic E-state index is -0.286. The molecule has 3 N–H and O–H groups in total. The lowest BCUT2D eigenvalue weighted by Crippen LogP contribution is -2.31. The van der Waals surface area contributed by atoms with Gasteiger partial charge in [0.1, 0.15) is 0 Å². The van der Waals surface area contributed by atoms with Crippen LogP contribution in [-0.4, -0.2) is 18.7 Å². The Balaban J connectivity index is 2.13. The maximum atomic E-state index is 12.3. The number of benzene rings is 1. The quantitative estimate of drug-likeness (QED) is 0.720. The third kappa shape index (κ3) is 3.54. The zero-order chi connectivity index (χ0) is 14.4. The van der Waals surface area contributed by atoms with Gasteiger partial charge in [0, 0.05) is 11.8 Å². The minimum Gasteiger partial charge on any atom is -0.376 e. The maximum Gasteiger partial charge on any atom is 0.178 e. The lowest BCUT2D eigenvalue weighted by atomic mass is 10.00. The molecule has 2 rings (SSSR count). The standard InChI is InChI=1S/C16H21N3O/c1-2-12-5-7-13(8-6-12)16-15(20)10-14(4-3-9-17)18-11-19-16/h5-10,16-19H,2-4,11H2,1H3. The van der Waals surface area contributed by atoms with E-state index in [2.05, 4.69) is 29.7 Å². The second-order valence-corrected chi connectivity index (χ2v) is 4.90. The third-order valence-electron chi connectivity index (χ3n) is 3.50. The molecule has 1 aliphatic heterocycles. The minimum absolute atomic E-state index is 0.0687. The van der Waals surface area contributed by atoms with Crippen molar-refractivity contribution in [2.45, 2.75) is 32.2 Å². The predicted octanol–water partition coefficient (Wildman–Crippen LogP) is 2.32. The van der Waals surface area contributed by atoms with Crippen LogP contribution in [0.2, 0.25) is 0 Å². The first-order valence-corrected chi connectivity index (χ1v) is 7.04. The van der Waals surface area contributed by atoms with Crippen molar-refractivity contribution in [1.29, 1.82) is 5.41 Å². The first-order valence-electron chi connectivity index (χ1n) is 7.04. The number of rotatable bonds is 5. The van der Waals surface area contributed by atoms with Crippen molar-refractivity contribution in [2.24, 2.45) is 0 Å². The molecule has 0 bridgehead atoms. The van der Waals surface area contributed by atoms with Gasteiger partial charge in [-0.3, -0.25) is 10.1 Å². The van der Waals surface area contributed by atoms with Crippen LogP contribution >= 0.6 is 0 Å². The second kappa shape index (κ2) is 7.01. The van der Waals surface area contributed by atoms with Crippen LogP contribution in [0, 0.1) is 5.41 Å². The van der Waals surface area contributed by atoms with E-state index in [0.29, 0.717) is 19.5 Å². The van der Waals surface area contributed by atoms with Gasteiger partial charge in [-0.2, -0.15) is 0 Å². The summed E-state index contributed by atoms with van der Waals surface area (Å²) in [6.07, 6.45) is 5.40. The zero-order valence-electron chi connectivity index (χ0n) is 11.8. The number of ketones is 1. The number of allylic oxidation sites excluding steroid dienone is 1. The molecule has 1 atom stereocenters. The van der Waals surface area contributed by atoms with Gasteiger partial charge in [0.15, 0.2) is 5.78 Å². The zero-order valence-corrected chi connectivity index (χ0v) is 11.8. The van der Waals surface area contributed by atoms with Crippen LogP contribution in [0.3, 0.4) is 0 Å². The summed E-state index contributed by atoms with van der Waals surface area (Å²) >= 11 is 0. The topological polar surface area (TPSA) is 65.0 Å². The molecule has 0 saturated carbocycles. The Bertz CT molecular complexity index is 505. The Labute approximate surface area is 119 Å². The van der Waals surface area contributed by atoms with E-state index < -0.39 is 0 Å². The summed E-state index contributed by atoms with van der Waals surface area (Å²) in [6, 6.07) is 7.89. The number of aryl methyl sites for hydroxylation is 1. The number of carbonyl (C=O) groups is 1. The van der Waals surface area contributed by atoms with Crippen LogP contribution in [0.1, 0.15) is 36.9 Å². The molecular weight excluding hydrogens is 250 g/mol. The molecule has 1 aliphatic rings. The molecule has 0 aromatic heterocycles. The van der Waals surface area contributed by atoms with Crippen molar-refractivity contribution in [1.82, 2.24) is 10.6 Å². The largest absolute Gasteiger partial charge is 0.376 e. The summed E-state index contributed by atoms with van der Waals surface area (Å²) in [4.78, 5) is 12.3. The molecule has 106 valence electrons. The smallest absolute Gasteiger partial charge is 0.178 e. The molecule has 0 radical (unpaired) electrons. The Morgan fingerprint density at radius 3 is 2.75 bits per heavy atom. The summed E-state index contributed by atoms with van der Waals surface area (Å²) in [5, 5.41) is 13.5. The predicted molar refractivity (Wildman–Crippen MR) is 80.8 cm³/mol. The molecule has 0 fully saturated rings. The fraction of sp³-hybridized carbons (Fsp3) is 0.375. The highest BCUT2D eigenvalue weighted by atomic mass is 16.1. The van der Waals surface area contributed by atoms with Gasteiger partial charge in [-0.05, 0) is 36.6 Å². The Morgan fingerprint density at radius 2 is 2.10 bits per heavy atom. The van der Waals surface area contributed by atoms with E-state index in [1.165, 1.54) is 11.8 Å². The second-order valence-electron chi connectivity index (χ2n) is 4.90. The van der Waals surface area contributed by atoms with Crippen molar-refractivity contribution >= 4 is 12.0 Å². The van der Waals surface area contributed by atoms with Crippen molar-refractivity contribution < 1.29 is 4.79 Å². The molecule has 1 heterocycles. The van der Waals surface area contributed by atoms with Crippen LogP contribution in [-0.2, 0) is 11.2 Å². The molecule has 0 saturated heterocycles. The molecule has 4 nitrogen and oxygen atoms in total.